The first-order chi connectivity index (χ1) is 7.67. The van der Waals surface area contributed by atoms with E-state index in [4.69, 9.17) is 9.47 Å². The van der Waals surface area contributed by atoms with Gasteiger partial charge in [0, 0.05) is 0 Å². The van der Waals surface area contributed by atoms with E-state index in [2.05, 4.69) is 0 Å². The summed E-state index contributed by atoms with van der Waals surface area (Å²) in [4.78, 5) is 10.1. The van der Waals surface area contributed by atoms with Gasteiger partial charge in [-0.3, -0.25) is 4.79 Å². The molecule has 0 bridgehead atoms. The lowest BCUT2D eigenvalue weighted by Crippen LogP contribution is -1.96. The van der Waals surface area contributed by atoms with Gasteiger partial charge in [0.1, 0.15) is 12.4 Å². The van der Waals surface area contributed by atoms with Crippen molar-refractivity contribution in [3.8, 4) is 5.75 Å². The largest absolute Gasteiger partial charge is 0.463 e. The molecule has 0 aliphatic heterocycles. The van der Waals surface area contributed by atoms with Gasteiger partial charge in [-0.15, -0.1) is 0 Å². The van der Waals surface area contributed by atoms with Gasteiger partial charge in [0.2, 0.25) is 0 Å². The van der Waals surface area contributed by atoms with Crippen LogP contribution in [0.4, 0.5) is 0 Å². The Hall–Kier alpha value is -1.77. The van der Waals surface area contributed by atoms with Gasteiger partial charge in [-0.05, 0) is 44.0 Å². The average Bonchev–Trinajstić information content (AvgIpc) is 2.30. The fourth-order valence-corrected chi connectivity index (χ4v) is 1.21. The molecule has 0 saturated carbocycles. The molecule has 0 saturated heterocycles. The molecule has 0 aliphatic carbocycles. The molecule has 0 aromatic heterocycles. The second-order valence-electron chi connectivity index (χ2n) is 3.51. The number of aryl methyl sites for hydroxylation is 1. The van der Waals surface area contributed by atoms with Crippen LogP contribution in [-0.2, 0) is 16.1 Å². The first-order valence-corrected chi connectivity index (χ1v) is 5.13. The molecule has 0 atom stereocenters. The lowest BCUT2D eigenvalue weighted by molar-refractivity contribution is -0.129. The zero-order valence-corrected chi connectivity index (χ0v) is 9.82. The van der Waals surface area contributed by atoms with Crippen LogP contribution in [0.2, 0.25) is 0 Å². The van der Waals surface area contributed by atoms with Crippen LogP contribution < -0.4 is 4.74 Å². The van der Waals surface area contributed by atoms with E-state index in [1.807, 2.05) is 45.0 Å². The number of rotatable bonds is 5. The maximum Gasteiger partial charge on any atom is 0.293 e. The highest BCUT2D eigenvalue weighted by Crippen LogP contribution is 2.22. The molecule has 0 heterocycles. The van der Waals surface area contributed by atoms with E-state index in [1.165, 1.54) is 0 Å². The van der Waals surface area contributed by atoms with E-state index in [1.54, 1.807) is 0 Å². The number of ether oxygens (including phenoxy) is 2. The standard InChI is InChI=1S/C13H16O3/c1-4-11(3)16-13-7-12(8-15-9-14)6-5-10(13)2/h4-7,9H,8H2,1-3H3/b11-4-. The molecule has 0 N–H and O–H groups in total. The van der Waals surface area contributed by atoms with E-state index in [0.717, 1.165) is 22.6 Å². The topological polar surface area (TPSA) is 35.5 Å². The smallest absolute Gasteiger partial charge is 0.293 e. The van der Waals surface area contributed by atoms with Crippen LogP contribution in [0.5, 0.6) is 5.75 Å². The van der Waals surface area contributed by atoms with Crippen molar-refractivity contribution >= 4 is 6.47 Å². The lowest BCUT2D eigenvalue weighted by atomic mass is 10.1. The van der Waals surface area contributed by atoms with Crippen LogP contribution in [0.1, 0.15) is 25.0 Å². The third kappa shape index (κ3) is 3.42. The van der Waals surface area contributed by atoms with Crippen molar-refractivity contribution in [3.05, 3.63) is 41.2 Å². The van der Waals surface area contributed by atoms with E-state index in [-0.39, 0.29) is 6.61 Å². The Bertz CT molecular complexity index is 394. The van der Waals surface area contributed by atoms with Crippen molar-refractivity contribution in [3.63, 3.8) is 0 Å². The Balaban J connectivity index is 2.85. The van der Waals surface area contributed by atoms with Crippen LogP contribution in [0, 0.1) is 6.92 Å². The van der Waals surface area contributed by atoms with Crippen LogP contribution in [-0.4, -0.2) is 6.47 Å². The zero-order valence-electron chi connectivity index (χ0n) is 9.82. The third-order valence-corrected chi connectivity index (χ3v) is 2.25. The quantitative estimate of drug-likeness (QED) is 0.565. The minimum Gasteiger partial charge on any atom is -0.463 e. The Kier molecular flexibility index (Phi) is 4.58. The summed E-state index contributed by atoms with van der Waals surface area (Å²) in [5.41, 5.74) is 1.97. The Morgan fingerprint density at radius 2 is 2.19 bits per heavy atom. The highest BCUT2D eigenvalue weighted by Gasteiger charge is 2.02. The number of benzene rings is 1. The maximum atomic E-state index is 10.1. The van der Waals surface area contributed by atoms with Gasteiger partial charge in [-0.1, -0.05) is 12.1 Å². The van der Waals surface area contributed by atoms with E-state index < -0.39 is 0 Å². The predicted octanol–water partition coefficient (Wildman–Crippen LogP) is 2.97. The summed E-state index contributed by atoms with van der Waals surface area (Å²) >= 11 is 0. The molecule has 1 rings (SSSR count). The fourth-order valence-electron chi connectivity index (χ4n) is 1.21. The molecule has 0 amide bonds. The summed E-state index contributed by atoms with van der Waals surface area (Å²) < 4.78 is 10.3. The van der Waals surface area contributed by atoms with Gasteiger partial charge in [-0.25, -0.2) is 0 Å². The van der Waals surface area contributed by atoms with Gasteiger partial charge in [0.25, 0.3) is 6.47 Å². The monoisotopic (exact) mass is 220 g/mol. The second kappa shape index (κ2) is 5.95. The molecule has 1 aromatic carbocycles. The first kappa shape index (κ1) is 12.3. The van der Waals surface area contributed by atoms with E-state index in [0.29, 0.717) is 6.47 Å². The van der Waals surface area contributed by atoms with Gasteiger partial charge in [0.15, 0.2) is 0 Å². The normalized spacial score (nSPS) is 11.1. The molecule has 0 spiro atoms. The van der Waals surface area contributed by atoms with Crippen LogP contribution in [0.15, 0.2) is 30.0 Å². The van der Waals surface area contributed by atoms with Crippen LogP contribution in [0.25, 0.3) is 0 Å². The Labute approximate surface area is 95.7 Å². The van der Waals surface area contributed by atoms with Gasteiger partial charge >= 0.3 is 0 Å². The Morgan fingerprint density at radius 1 is 1.44 bits per heavy atom. The van der Waals surface area contributed by atoms with E-state index in [9.17, 15) is 4.79 Å². The van der Waals surface area contributed by atoms with Crippen LogP contribution >= 0.6 is 0 Å². The van der Waals surface area contributed by atoms with Crippen molar-refractivity contribution in [2.24, 2.45) is 0 Å². The molecule has 86 valence electrons. The summed E-state index contributed by atoms with van der Waals surface area (Å²) in [7, 11) is 0. The molecule has 0 radical (unpaired) electrons. The fraction of sp³-hybridized carbons (Fsp3) is 0.308. The van der Waals surface area contributed by atoms with Gasteiger partial charge < -0.3 is 9.47 Å². The van der Waals surface area contributed by atoms with Crippen molar-refractivity contribution in [2.75, 3.05) is 0 Å². The molecule has 0 unspecified atom stereocenters. The van der Waals surface area contributed by atoms with Gasteiger partial charge in [-0.2, -0.15) is 0 Å². The third-order valence-electron chi connectivity index (χ3n) is 2.25. The number of carbonyl (C=O) groups excluding carboxylic acids is 1. The molecule has 16 heavy (non-hydrogen) atoms. The molecule has 3 nitrogen and oxygen atoms in total. The summed E-state index contributed by atoms with van der Waals surface area (Å²) in [6.45, 7) is 6.51. The summed E-state index contributed by atoms with van der Waals surface area (Å²) in [6, 6.07) is 5.74. The Morgan fingerprint density at radius 3 is 2.81 bits per heavy atom. The summed E-state index contributed by atoms with van der Waals surface area (Å²) in [5, 5.41) is 0. The van der Waals surface area contributed by atoms with Crippen molar-refractivity contribution in [1.29, 1.82) is 0 Å². The van der Waals surface area contributed by atoms with Crippen molar-refractivity contribution in [1.82, 2.24) is 0 Å². The minimum absolute atomic E-state index is 0.273. The first-order valence-electron chi connectivity index (χ1n) is 5.13. The second-order valence-corrected chi connectivity index (χ2v) is 3.51. The minimum atomic E-state index is 0.273. The number of hydrogen-bond acceptors (Lipinski definition) is 3. The highest BCUT2D eigenvalue weighted by molar-refractivity contribution is 5.40. The number of hydrogen-bond donors (Lipinski definition) is 0. The average molecular weight is 220 g/mol. The lowest BCUT2D eigenvalue weighted by Gasteiger charge is -2.10. The van der Waals surface area contributed by atoms with Gasteiger partial charge in [0.05, 0.1) is 5.76 Å². The SMILES string of the molecule is C/C=C(/C)Oc1cc(COC=O)ccc1C. The van der Waals surface area contributed by atoms with Crippen molar-refractivity contribution in [2.45, 2.75) is 27.4 Å². The molecule has 0 fully saturated rings. The van der Waals surface area contributed by atoms with E-state index >= 15 is 0 Å². The zero-order chi connectivity index (χ0) is 12.0. The molecular formula is C13H16O3. The maximum absolute atomic E-state index is 10.1. The molecule has 3 heteroatoms. The predicted molar refractivity (Wildman–Crippen MR) is 62.1 cm³/mol. The molecule has 1 aromatic rings. The van der Waals surface area contributed by atoms with Crippen molar-refractivity contribution < 1.29 is 14.3 Å². The molecule has 0 aliphatic rings. The molecular weight excluding hydrogens is 204 g/mol. The highest BCUT2D eigenvalue weighted by atomic mass is 16.5. The summed E-state index contributed by atoms with van der Waals surface area (Å²) in [6.07, 6.45) is 1.90. The van der Waals surface area contributed by atoms with Crippen LogP contribution in [0.3, 0.4) is 0 Å². The number of allylic oxidation sites excluding steroid dienone is 2. The number of carbonyl (C=O) groups is 1. The summed E-state index contributed by atoms with van der Waals surface area (Å²) in [5.74, 6) is 1.64.